The van der Waals surface area contributed by atoms with E-state index in [-0.39, 0.29) is 18.0 Å². The maximum absolute atomic E-state index is 11.9. The Morgan fingerprint density at radius 3 is 2.61 bits per heavy atom. The van der Waals surface area contributed by atoms with Crippen molar-refractivity contribution >= 4 is 11.8 Å². The normalized spacial score (nSPS) is 20.7. The Hall–Kier alpha value is -1.69. The number of rotatable bonds is 1. The lowest BCUT2D eigenvalue weighted by atomic mass is 9.88. The number of urea groups is 1. The van der Waals surface area contributed by atoms with E-state index < -0.39 is 6.23 Å². The second-order valence-electron chi connectivity index (χ2n) is 5.57. The van der Waals surface area contributed by atoms with Gasteiger partial charge in [0.1, 0.15) is 0 Å². The highest BCUT2D eigenvalue weighted by Gasteiger charge is 2.36. The fourth-order valence-electron chi connectivity index (χ4n) is 1.85. The van der Waals surface area contributed by atoms with Crippen molar-refractivity contribution in [3.63, 3.8) is 0 Å². The molecular weight excluding hydrogens is 232 g/mol. The fraction of sp³-hybridized carbons (Fsp3) is 0.583. The number of anilines is 1. The average Bonchev–Trinajstić information content (AvgIpc) is 2.52. The summed E-state index contributed by atoms with van der Waals surface area (Å²) in [7, 11) is 1.65. The summed E-state index contributed by atoms with van der Waals surface area (Å²) in [5.41, 5.74) is 0.895. The van der Waals surface area contributed by atoms with Crippen molar-refractivity contribution in [2.45, 2.75) is 32.4 Å². The Bertz CT molecular complexity index is 469. The lowest BCUT2D eigenvalue weighted by molar-refractivity contribution is 0.183. The van der Waals surface area contributed by atoms with Crippen molar-refractivity contribution in [1.29, 1.82) is 0 Å². The maximum atomic E-state index is 11.9. The number of amides is 2. The molecule has 1 aliphatic heterocycles. The van der Waals surface area contributed by atoms with Crippen molar-refractivity contribution in [2.24, 2.45) is 0 Å². The van der Waals surface area contributed by atoms with E-state index in [0.717, 1.165) is 5.56 Å². The molecule has 1 unspecified atom stereocenters. The van der Waals surface area contributed by atoms with Crippen LogP contribution in [0.3, 0.4) is 0 Å². The van der Waals surface area contributed by atoms with Crippen LogP contribution < -0.4 is 4.90 Å². The second kappa shape index (κ2) is 4.20. The van der Waals surface area contributed by atoms with Gasteiger partial charge >= 0.3 is 6.03 Å². The Labute approximate surface area is 106 Å². The van der Waals surface area contributed by atoms with Crippen LogP contribution in [0.4, 0.5) is 10.6 Å². The van der Waals surface area contributed by atoms with Crippen LogP contribution in [0, 0.1) is 0 Å². The van der Waals surface area contributed by atoms with E-state index in [4.69, 9.17) is 0 Å². The fourth-order valence-corrected chi connectivity index (χ4v) is 1.85. The number of likely N-dealkylation sites (N-methyl/N-ethyl adjacent to an activating group) is 1. The molecule has 0 bridgehead atoms. The van der Waals surface area contributed by atoms with Crippen LogP contribution in [0.2, 0.25) is 0 Å². The zero-order valence-corrected chi connectivity index (χ0v) is 11.1. The summed E-state index contributed by atoms with van der Waals surface area (Å²) in [5.74, 6) is 0.393. The number of aromatic nitrogens is 2. The predicted octanol–water partition coefficient (Wildman–Crippen LogP) is 0.964. The molecule has 1 fully saturated rings. The van der Waals surface area contributed by atoms with Gasteiger partial charge in [0.25, 0.3) is 0 Å². The smallest absolute Gasteiger partial charge is 0.327 e. The van der Waals surface area contributed by atoms with Gasteiger partial charge in [-0.15, -0.1) is 5.10 Å². The van der Waals surface area contributed by atoms with E-state index in [0.29, 0.717) is 5.82 Å². The van der Waals surface area contributed by atoms with Gasteiger partial charge in [-0.1, -0.05) is 20.8 Å². The molecule has 18 heavy (non-hydrogen) atoms. The highest BCUT2D eigenvalue weighted by Crippen LogP contribution is 2.26. The third-order valence-corrected chi connectivity index (χ3v) is 3.02. The van der Waals surface area contributed by atoms with Crippen LogP contribution >= 0.6 is 0 Å². The lowest BCUT2D eigenvalue weighted by Crippen LogP contribution is -2.35. The predicted molar refractivity (Wildman–Crippen MR) is 67.2 cm³/mol. The molecule has 1 atom stereocenters. The zero-order chi connectivity index (χ0) is 13.5. The SMILES string of the molecule is CN1CC(O)N(c2cc(C(C)(C)C)cnn2)C1=O. The first-order chi connectivity index (χ1) is 8.30. The number of aliphatic hydroxyl groups excluding tert-OH is 1. The number of hydrogen-bond acceptors (Lipinski definition) is 4. The van der Waals surface area contributed by atoms with Gasteiger partial charge in [-0.3, -0.25) is 0 Å². The summed E-state index contributed by atoms with van der Waals surface area (Å²) >= 11 is 0. The third-order valence-electron chi connectivity index (χ3n) is 3.02. The van der Waals surface area contributed by atoms with E-state index in [1.165, 1.54) is 9.80 Å². The zero-order valence-electron chi connectivity index (χ0n) is 11.1. The number of aliphatic hydroxyl groups is 1. The Kier molecular flexibility index (Phi) is 2.98. The topological polar surface area (TPSA) is 69.6 Å². The van der Waals surface area contributed by atoms with Crippen LogP contribution in [0.5, 0.6) is 0 Å². The minimum atomic E-state index is -0.869. The highest BCUT2D eigenvalue weighted by atomic mass is 16.3. The standard InChI is InChI=1S/C12H18N4O2/c1-12(2,3)8-5-9(14-13-6-8)16-10(17)7-15(4)11(16)18/h5-6,10,17H,7H2,1-4H3. The molecule has 1 aromatic heterocycles. The minimum absolute atomic E-state index is 0.0791. The number of β-amino-alcohol motifs (C(OH)–C–C–N with tert-alkyl or cyclic N) is 1. The van der Waals surface area contributed by atoms with Crippen molar-refractivity contribution in [2.75, 3.05) is 18.5 Å². The molecule has 0 saturated carbocycles. The molecule has 0 radical (unpaired) electrons. The first-order valence-electron chi connectivity index (χ1n) is 5.86. The summed E-state index contributed by atoms with van der Waals surface area (Å²) in [6, 6.07) is 1.54. The van der Waals surface area contributed by atoms with Gasteiger partial charge in [-0.05, 0) is 17.0 Å². The molecule has 2 amide bonds. The van der Waals surface area contributed by atoms with Crippen LogP contribution in [-0.2, 0) is 5.41 Å². The van der Waals surface area contributed by atoms with Gasteiger partial charge in [-0.2, -0.15) is 5.10 Å². The number of hydrogen-bond donors (Lipinski definition) is 1. The third kappa shape index (κ3) is 2.15. The van der Waals surface area contributed by atoms with Gasteiger partial charge in [0.15, 0.2) is 12.0 Å². The first kappa shape index (κ1) is 12.8. The largest absolute Gasteiger partial charge is 0.371 e. The molecule has 6 nitrogen and oxygen atoms in total. The van der Waals surface area contributed by atoms with Gasteiger partial charge in [0.05, 0.1) is 12.7 Å². The molecule has 0 aliphatic carbocycles. The molecule has 6 heteroatoms. The van der Waals surface area contributed by atoms with Crippen molar-refractivity contribution < 1.29 is 9.90 Å². The van der Waals surface area contributed by atoms with Crippen LogP contribution in [0.1, 0.15) is 26.3 Å². The highest BCUT2D eigenvalue weighted by molar-refractivity contribution is 5.93. The second-order valence-corrected chi connectivity index (χ2v) is 5.57. The van der Waals surface area contributed by atoms with E-state index >= 15 is 0 Å². The van der Waals surface area contributed by atoms with Gasteiger partial charge in [0.2, 0.25) is 0 Å². The molecular formula is C12H18N4O2. The quantitative estimate of drug-likeness (QED) is 0.806. The van der Waals surface area contributed by atoms with Crippen LogP contribution in [0.25, 0.3) is 0 Å². The summed E-state index contributed by atoms with van der Waals surface area (Å²) in [6.07, 6.45) is 0.812. The molecule has 1 aliphatic rings. The molecule has 1 aromatic rings. The van der Waals surface area contributed by atoms with E-state index in [1.54, 1.807) is 19.3 Å². The lowest BCUT2D eigenvalue weighted by Gasteiger charge is -2.22. The van der Waals surface area contributed by atoms with Crippen LogP contribution in [-0.4, -0.2) is 46.1 Å². The molecule has 1 saturated heterocycles. The molecule has 98 valence electrons. The van der Waals surface area contributed by atoms with Crippen LogP contribution in [0.15, 0.2) is 12.3 Å². The Morgan fingerprint density at radius 1 is 1.44 bits per heavy atom. The molecule has 0 spiro atoms. The monoisotopic (exact) mass is 250 g/mol. The van der Waals surface area contributed by atoms with Gasteiger partial charge in [0, 0.05) is 7.05 Å². The van der Waals surface area contributed by atoms with Crippen molar-refractivity contribution in [3.8, 4) is 0 Å². The molecule has 0 aromatic carbocycles. The minimum Gasteiger partial charge on any atom is -0.371 e. The molecule has 2 heterocycles. The molecule has 2 rings (SSSR count). The van der Waals surface area contributed by atoms with Gasteiger partial charge in [-0.25, -0.2) is 9.69 Å². The number of carbonyl (C=O) groups is 1. The Balaban J connectivity index is 2.37. The maximum Gasteiger partial charge on any atom is 0.327 e. The van der Waals surface area contributed by atoms with E-state index in [1.807, 2.05) is 0 Å². The van der Waals surface area contributed by atoms with Gasteiger partial charge < -0.3 is 10.0 Å². The van der Waals surface area contributed by atoms with E-state index in [2.05, 4.69) is 31.0 Å². The van der Waals surface area contributed by atoms with Crippen molar-refractivity contribution in [3.05, 3.63) is 17.8 Å². The summed E-state index contributed by atoms with van der Waals surface area (Å²) in [5, 5.41) is 17.7. The van der Waals surface area contributed by atoms with Crippen molar-refractivity contribution in [1.82, 2.24) is 15.1 Å². The first-order valence-corrected chi connectivity index (χ1v) is 5.86. The van der Waals surface area contributed by atoms with E-state index in [9.17, 15) is 9.90 Å². The Morgan fingerprint density at radius 2 is 2.11 bits per heavy atom. The molecule has 1 N–H and O–H groups in total. The summed E-state index contributed by atoms with van der Waals surface area (Å²) in [6.45, 7) is 6.45. The average molecular weight is 250 g/mol. The summed E-state index contributed by atoms with van der Waals surface area (Å²) < 4.78 is 0. The number of carbonyl (C=O) groups excluding carboxylic acids is 1. The summed E-state index contributed by atoms with van der Waals surface area (Å²) in [4.78, 5) is 14.6. The number of nitrogens with zero attached hydrogens (tertiary/aromatic N) is 4.